The Balaban J connectivity index is 1.60. The molecule has 0 radical (unpaired) electrons. The molecule has 0 aromatic carbocycles. The maximum Gasteiger partial charge on any atom is 0.192 e. The zero-order valence-corrected chi connectivity index (χ0v) is 29.9. The van der Waals surface area contributed by atoms with E-state index in [0.717, 1.165) is 44.9 Å². The topological polar surface area (TPSA) is 38.7 Å². The van der Waals surface area contributed by atoms with Crippen molar-refractivity contribution < 1.29 is 14.0 Å². The van der Waals surface area contributed by atoms with Gasteiger partial charge in [-0.15, -0.1) is 11.6 Å². The van der Waals surface area contributed by atoms with E-state index in [4.69, 9.17) is 20.5 Å². The Kier molecular flexibility index (Phi) is 7.72. The molecule has 9 atom stereocenters. The monoisotopic (exact) mass is 584 g/mol. The zero-order chi connectivity index (χ0) is 29.0. The molecule has 0 aromatic heterocycles. The minimum absolute atomic E-state index is 0.0332. The Morgan fingerprint density at radius 1 is 0.789 bits per heavy atom. The first kappa shape index (κ1) is 31.5. The van der Waals surface area contributed by atoms with Crippen molar-refractivity contribution in [3.63, 3.8) is 0 Å². The van der Waals surface area contributed by atoms with Crippen molar-refractivity contribution in [2.45, 2.75) is 173 Å². The van der Waals surface area contributed by atoms with Crippen molar-refractivity contribution in [2.24, 2.45) is 28.6 Å². The largest absolute Gasteiger partial charge is 0.414 e. The lowest BCUT2D eigenvalue weighted by molar-refractivity contribution is -0.216. The SMILES string of the molecule is CC(C)(C)[Si](C)(C)O[C@H]1CC[C@]2(C)[C@@H]3[C@@H](CC[C@@]2(Cl)C1)[C@@H]1CC[C@H](O[Si](C)(C)C(C)(C)C)[C@@]1(C)C[C@@]3(C)O. The van der Waals surface area contributed by atoms with Gasteiger partial charge in [-0.3, -0.25) is 0 Å². The fraction of sp³-hybridized carbons (Fsp3) is 1.00. The van der Waals surface area contributed by atoms with Crippen LogP contribution in [0.5, 0.6) is 0 Å². The van der Waals surface area contributed by atoms with Crippen molar-refractivity contribution in [3.8, 4) is 0 Å². The summed E-state index contributed by atoms with van der Waals surface area (Å²) in [5, 5.41) is 12.8. The third-order valence-electron chi connectivity index (χ3n) is 13.3. The minimum Gasteiger partial charge on any atom is -0.414 e. The van der Waals surface area contributed by atoms with Gasteiger partial charge in [0.05, 0.1) is 16.6 Å². The maximum absolute atomic E-state index is 12.4. The number of hydrogen-bond donors (Lipinski definition) is 1. The van der Waals surface area contributed by atoms with E-state index < -0.39 is 22.2 Å². The summed E-state index contributed by atoms with van der Waals surface area (Å²) in [5.74, 6) is 1.37. The molecular weight excluding hydrogens is 524 g/mol. The van der Waals surface area contributed by atoms with Gasteiger partial charge in [0.15, 0.2) is 16.6 Å². The van der Waals surface area contributed by atoms with Crippen LogP contribution in [0.25, 0.3) is 0 Å². The van der Waals surface area contributed by atoms with Crippen LogP contribution in [-0.2, 0) is 8.85 Å². The van der Waals surface area contributed by atoms with Crippen LogP contribution in [-0.4, -0.2) is 44.4 Å². The van der Waals surface area contributed by atoms with Crippen molar-refractivity contribution in [1.29, 1.82) is 0 Å². The summed E-state index contributed by atoms with van der Waals surface area (Å²) in [6.07, 6.45) is 8.91. The zero-order valence-electron chi connectivity index (χ0n) is 27.2. The number of rotatable bonds is 4. The summed E-state index contributed by atoms with van der Waals surface area (Å²) in [4.78, 5) is -0.299. The Hall–Kier alpha value is 0.604. The lowest BCUT2D eigenvalue weighted by Crippen LogP contribution is -2.68. The van der Waals surface area contributed by atoms with E-state index in [2.05, 4.69) is 88.5 Å². The molecule has 6 heteroatoms. The summed E-state index contributed by atoms with van der Waals surface area (Å²) in [5.41, 5.74) is -0.781. The Bertz CT molecular complexity index is 905. The Morgan fingerprint density at radius 3 is 1.89 bits per heavy atom. The number of alkyl halides is 1. The predicted molar refractivity (Wildman–Crippen MR) is 167 cm³/mol. The molecule has 4 fully saturated rings. The molecule has 0 aliphatic heterocycles. The molecule has 222 valence electrons. The smallest absolute Gasteiger partial charge is 0.192 e. The summed E-state index contributed by atoms with van der Waals surface area (Å²) >= 11 is 7.75. The molecule has 0 heterocycles. The highest BCUT2D eigenvalue weighted by Crippen LogP contribution is 2.71. The molecule has 38 heavy (non-hydrogen) atoms. The first-order valence-corrected chi connectivity index (χ1v) is 21.9. The molecule has 0 spiro atoms. The number of fused-ring (bicyclic) bond motifs is 5. The van der Waals surface area contributed by atoms with Gasteiger partial charge >= 0.3 is 0 Å². The first-order valence-electron chi connectivity index (χ1n) is 15.7. The molecule has 0 aromatic rings. The molecule has 4 saturated carbocycles. The molecule has 4 aliphatic rings. The molecule has 0 bridgehead atoms. The minimum atomic E-state index is -1.89. The van der Waals surface area contributed by atoms with E-state index in [1.807, 2.05) is 0 Å². The maximum atomic E-state index is 12.4. The normalized spacial score (nSPS) is 46.3. The number of halogens is 1. The molecule has 3 nitrogen and oxygen atoms in total. The summed E-state index contributed by atoms with van der Waals surface area (Å²) in [7, 11) is -3.75. The van der Waals surface area contributed by atoms with E-state index in [1.165, 1.54) is 6.42 Å². The second kappa shape index (κ2) is 9.30. The first-order chi connectivity index (χ1) is 16.9. The van der Waals surface area contributed by atoms with Crippen LogP contribution in [0.3, 0.4) is 0 Å². The average molecular weight is 585 g/mol. The quantitative estimate of drug-likeness (QED) is 0.264. The molecule has 0 amide bonds. The summed E-state index contributed by atoms with van der Waals surface area (Å²) in [6.45, 7) is 30.6. The molecule has 4 aliphatic carbocycles. The van der Waals surface area contributed by atoms with Crippen molar-refractivity contribution >= 4 is 28.2 Å². The number of aliphatic hydroxyl groups is 1. The van der Waals surface area contributed by atoms with E-state index in [1.54, 1.807) is 0 Å². The van der Waals surface area contributed by atoms with Gasteiger partial charge in [-0.05, 0) is 123 Å². The van der Waals surface area contributed by atoms with Crippen LogP contribution >= 0.6 is 11.6 Å². The van der Waals surface area contributed by atoms with E-state index in [9.17, 15) is 5.11 Å². The molecule has 0 unspecified atom stereocenters. The van der Waals surface area contributed by atoms with Crippen LogP contribution in [0.1, 0.15) is 114 Å². The highest BCUT2D eigenvalue weighted by molar-refractivity contribution is 6.74. The van der Waals surface area contributed by atoms with E-state index in [-0.39, 0.29) is 43.9 Å². The lowest BCUT2D eigenvalue weighted by atomic mass is 9.41. The van der Waals surface area contributed by atoms with Gasteiger partial charge in [-0.1, -0.05) is 55.4 Å². The van der Waals surface area contributed by atoms with Gasteiger partial charge in [0, 0.05) is 6.10 Å². The van der Waals surface area contributed by atoms with Crippen LogP contribution in [0.2, 0.25) is 36.3 Å². The fourth-order valence-corrected chi connectivity index (χ4v) is 12.6. The highest BCUT2D eigenvalue weighted by Gasteiger charge is 2.70. The van der Waals surface area contributed by atoms with Crippen molar-refractivity contribution in [3.05, 3.63) is 0 Å². The van der Waals surface area contributed by atoms with Gasteiger partial charge in [0.1, 0.15) is 0 Å². The lowest BCUT2D eigenvalue weighted by Gasteiger charge is -2.68. The van der Waals surface area contributed by atoms with Crippen molar-refractivity contribution in [2.75, 3.05) is 0 Å². The average Bonchev–Trinajstić information content (AvgIpc) is 3.00. The fourth-order valence-electron chi connectivity index (χ4n) is 9.30. The molecule has 4 rings (SSSR count). The summed E-state index contributed by atoms with van der Waals surface area (Å²) in [6, 6.07) is 0. The van der Waals surface area contributed by atoms with Gasteiger partial charge < -0.3 is 14.0 Å². The van der Waals surface area contributed by atoms with Crippen LogP contribution in [0.4, 0.5) is 0 Å². The third-order valence-corrected chi connectivity index (χ3v) is 23.1. The Labute approximate surface area is 242 Å². The molecular formula is C32H61ClO3Si2. The van der Waals surface area contributed by atoms with Crippen molar-refractivity contribution in [1.82, 2.24) is 0 Å². The van der Waals surface area contributed by atoms with Crippen LogP contribution < -0.4 is 0 Å². The standard InChI is InChI=1S/C32H61ClO3Si2/c1-27(2,3)37(10,11)35-22-16-18-30(8)26-23(17-19-32(30,33)20-22)24-14-15-25(29(24,7)21-31(26,9)34)36-38(12,13)28(4,5)6/h22-26,34H,14-21H2,1-13H3/t22-,23-,24-,25-,26-,29-,30+,31+,32+/m0/s1. The van der Waals surface area contributed by atoms with Crippen LogP contribution in [0.15, 0.2) is 0 Å². The summed E-state index contributed by atoms with van der Waals surface area (Å²) < 4.78 is 14.1. The van der Waals surface area contributed by atoms with Gasteiger partial charge in [0.2, 0.25) is 0 Å². The van der Waals surface area contributed by atoms with E-state index >= 15 is 0 Å². The Morgan fingerprint density at radius 2 is 1.34 bits per heavy atom. The molecule has 0 saturated heterocycles. The second-order valence-corrected chi connectivity index (χ2v) is 28.1. The second-order valence-electron chi connectivity index (χ2n) is 17.9. The van der Waals surface area contributed by atoms with Gasteiger partial charge in [0.25, 0.3) is 0 Å². The molecule has 1 N–H and O–H groups in total. The number of hydrogen-bond acceptors (Lipinski definition) is 3. The predicted octanol–water partition coefficient (Wildman–Crippen LogP) is 9.53. The van der Waals surface area contributed by atoms with Gasteiger partial charge in [-0.25, -0.2) is 0 Å². The van der Waals surface area contributed by atoms with Crippen LogP contribution in [0, 0.1) is 28.6 Å². The highest BCUT2D eigenvalue weighted by atomic mass is 35.5. The van der Waals surface area contributed by atoms with Gasteiger partial charge in [-0.2, -0.15) is 0 Å². The third kappa shape index (κ3) is 4.87. The van der Waals surface area contributed by atoms with E-state index in [0.29, 0.717) is 11.8 Å².